The first-order valence-electron chi connectivity index (χ1n) is 9.60. The molecule has 2 heterocycles. The highest BCUT2D eigenvalue weighted by atomic mass is 16.2. The summed E-state index contributed by atoms with van der Waals surface area (Å²) in [6, 6.07) is 16.7. The average Bonchev–Trinajstić information content (AvgIpc) is 3.11. The van der Waals surface area contributed by atoms with Crippen molar-refractivity contribution < 1.29 is 4.79 Å². The van der Waals surface area contributed by atoms with E-state index in [-0.39, 0.29) is 12.5 Å². The Morgan fingerprint density at radius 2 is 1.93 bits per heavy atom. The molecule has 0 aliphatic carbocycles. The predicted molar refractivity (Wildman–Crippen MR) is 105 cm³/mol. The van der Waals surface area contributed by atoms with Crippen LogP contribution in [-0.4, -0.2) is 44.9 Å². The van der Waals surface area contributed by atoms with Gasteiger partial charge in [0.25, 0.3) is 0 Å². The number of amides is 1. The van der Waals surface area contributed by atoms with Gasteiger partial charge in [-0.05, 0) is 36.1 Å². The Morgan fingerprint density at radius 1 is 1.15 bits per heavy atom. The van der Waals surface area contributed by atoms with Gasteiger partial charge in [-0.1, -0.05) is 48.5 Å². The van der Waals surface area contributed by atoms with Crippen LogP contribution in [0.1, 0.15) is 24.5 Å². The van der Waals surface area contributed by atoms with Gasteiger partial charge in [-0.3, -0.25) is 9.69 Å². The van der Waals surface area contributed by atoms with E-state index >= 15 is 0 Å². The number of nitrogens with one attached hydrogen (secondary N) is 1. The maximum Gasteiger partial charge on any atom is 0.241 e. The van der Waals surface area contributed by atoms with E-state index in [0.29, 0.717) is 12.6 Å². The second kappa shape index (κ2) is 7.88. The van der Waals surface area contributed by atoms with E-state index in [9.17, 15) is 4.79 Å². The minimum Gasteiger partial charge on any atom is -0.353 e. The zero-order valence-corrected chi connectivity index (χ0v) is 15.6. The van der Waals surface area contributed by atoms with Gasteiger partial charge in [-0.25, -0.2) is 4.68 Å². The van der Waals surface area contributed by atoms with Crippen LogP contribution in [-0.2, 0) is 24.3 Å². The van der Waals surface area contributed by atoms with Crippen molar-refractivity contribution in [2.24, 2.45) is 0 Å². The van der Waals surface area contributed by atoms with Crippen molar-refractivity contribution in [3.63, 3.8) is 0 Å². The van der Waals surface area contributed by atoms with E-state index in [2.05, 4.69) is 51.7 Å². The van der Waals surface area contributed by atoms with E-state index in [4.69, 9.17) is 0 Å². The number of hydrogen-bond acceptors (Lipinski definition) is 4. The number of carbonyl (C=O) groups is 1. The summed E-state index contributed by atoms with van der Waals surface area (Å²) in [4.78, 5) is 14.9. The normalized spacial score (nSPS) is 15.4. The van der Waals surface area contributed by atoms with Crippen molar-refractivity contribution in [1.29, 1.82) is 0 Å². The van der Waals surface area contributed by atoms with Crippen molar-refractivity contribution in [2.45, 2.75) is 38.9 Å². The van der Waals surface area contributed by atoms with Crippen LogP contribution in [0.5, 0.6) is 0 Å². The molecular formula is C21H25N5O. The lowest BCUT2D eigenvalue weighted by Gasteiger charge is -2.35. The summed E-state index contributed by atoms with van der Waals surface area (Å²) in [5.41, 5.74) is 4.55. The van der Waals surface area contributed by atoms with Crippen LogP contribution in [0.2, 0.25) is 0 Å². The Bertz CT molecular complexity index is 935. The third-order valence-corrected chi connectivity index (χ3v) is 5.40. The lowest BCUT2D eigenvalue weighted by Crippen LogP contribution is -2.46. The molecule has 1 aliphatic rings. The van der Waals surface area contributed by atoms with E-state index in [1.165, 1.54) is 11.1 Å². The molecule has 0 bridgehead atoms. The number of hydrogen-bond donors (Lipinski definition) is 1. The van der Waals surface area contributed by atoms with Crippen molar-refractivity contribution in [3.05, 3.63) is 59.7 Å². The average molecular weight is 363 g/mol. The summed E-state index contributed by atoms with van der Waals surface area (Å²) < 4.78 is 1.66. The van der Waals surface area contributed by atoms with Crippen LogP contribution in [0, 0.1) is 0 Å². The Kier molecular flexibility index (Phi) is 5.16. The van der Waals surface area contributed by atoms with Gasteiger partial charge >= 0.3 is 0 Å². The predicted octanol–water partition coefficient (Wildman–Crippen LogP) is 2.38. The van der Waals surface area contributed by atoms with E-state index in [1.807, 2.05) is 24.3 Å². The second-order valence-electron chi connectivity index (χ2n) is 7.09. The van der Waals surface area contributed by atoms with Gasteiger partial charge in [0.05, 0.1) is 5.52 Å². The molecule has 1 atom stereocenters. The third kappa shape index (κ3) is 3.85. The highest BCUT2D eigenvalue weighted by Crippen LogP contribution is 2.21. The van der Waals surface area contributed by atoms with Crippen LogP contribution in [0.15, 0.2) is 48.5 Å². The van der Waals surface area contributed by atoms with Crippen molar-refractivity contribution in [2.75, 3.05) is 13.1 Å². The monoisotopic (exact) mass is 363 g/mol. The molecule has 0 radical (unpaired) electrons. The zero-order valence-electron chi connectivity index (χ0n) is 15.6. The summed E-state index contributed by atoms with van der Waals surface area (Å²) >= 11 is 0. The van der Waals surface area contributed by atoms with Crippen LogP contribution in [0.4, 0.5) is 0 Å². The molecule has 6 heteroatoms. The second-order valence-corrected chi connectivity index (χ2v) is 7.09. The topological polar surface area (TPSA) is 63.1 Å². The fourth-order valence-electron chi connectivity index (χ4n) is 3.82. The summed E-state index contributed by atoms with van der Waals surface area (Å²) in [5, 5.41) is 11.3. The molecule has 1 N–H and O–H groups in total. The molecular weight excluding hydrogens is 338 g/mol. The SMILES string of the molecule is CC[C@H](CNC(=O)Cn1nnc2ccccc21)N1CCc2ccccc2C1. The first kappa shape index (κ1) is 17.7. The molecule has 1 amide bonds. The van der Waals surface area contributed by atoms with Crippen molar-refractivity contribution >= 4 is 16.9 Å². The molecule has 4 rings (SSSR count). The molecule has 140 valence electrons. The van der Waals surface area contributed by atoms with Gasteiger partial charge in [0.2, 0.25) is 5.91 Å². The lowest BCUT2D eigenvalue weighted by molar-refractivity contribution is -0.122. The number of rotatable bonds is 6. The molecule has 1 aromatic heterocycles. The lowest BCUT2D eigenvalue weighted by atomic mass is 9.98. The first-order valence-corrected chi connectivity index (χ1v) is 9.60. The first-order chi connectivity index (χ1) is 13.2. The van der Waals surface area contributed by atoms with Gasteiger partial charge < -0.3 is 5.32 Å². The van der Waals surface area contributed by atoms with Gasteiger partial charge in [-0.2, -0.15) is 0 Å². The quantitative estimate of drug-likeness (QED) is 0.730. The van der Waals surface area contributed by atoms with E-state index in [0.717, 1.165) is 37.0 Å². The number of carbonyl (C=O) groups excluding carboxylic acids is 1. The molecule has 27 heavy (non-hydrogen) atoms. The Hall–Kier alpha value is -2.73. The van der Waals surface area contributed by atoms with Gasteiger partial charge in [0.15, 0.2) is 0 Å². The van der Waals surface area contributed by atoms with Crippen molar-refractivity contribution in [1.82, 2.24) is 25.2 Å². The molecule has 3 aromatic rings. The van der Waals surface area contributed by atoms with Gasteiger partial charge in [-0.15, -0.1) is 5.10 Å². The third-order valence-electron chi connectivity index (χ3n) is 5.40. The highest BCUT2D eigenvalue weighted by Gasteiger charge is 2.22. The number of nitrogens with zero attached hydrogens (tertiary/aromatic N) is 4. The number of fused-ring (bicyclic) bond motifs is 2. The standard InChI is InChI=1S/C21H25N5O/c1-2-18(25-12-11-16-7-3-4-8-17(16)14-25)13-22-21(27)15-26-20-10-6-5-9-19(20)23-24-26/h3-10,18H,2,11-15H2,1H3,(H,22,27)/t18-/m1/s1. The Morgan fingerprint density at radius 3 is 2.78 bits per heavy atom. The molecule has 0 saturated carbocycles. The zero-order chi connectivity index (χ0) is 18.6. The van der Waals surface area contributed by atoms with Crippen LogP contribution >= 0.6 is 0 Å². The summed E-state index contributed by atoms with van der Waals surface area (Å²) in [6.07, 6.45) is 2.08. The molecule has 0 unspecified atom stereocenters. The molecule has 6 nitrogen and oxygen atoms in total. The summed E-state index contributed by atoms with van der Waals surface area (Å²) in [5.74, 6) is -0.0264. The minimum absolute atomic E-state index is 0.0264. The highest BCUT2D eigenvalue weighted by molar-refractivity contribution is 5.79. The fraction of sp³-hybridized carbons (Fsp3) is 0.381. The summed E-state index contributed by atoms with van der Waals surface area (Å²) in [7, 11) is 0. The number of aromatic nitrogens is 3. The fourth-order valence-corrected chi connectivity index (χ4v) is 3.82. The minimum atomic E-state index is -0.0264. The Balaban J connectivity index is 1.35. The van der Waals surface area contributed by atoms with Crippen LogP contribution in [0.3, 0.4) is 0 Å². The van der Waals surface area contributed by atoms with Gasteiger partial charge in [0.1, 0.15) is 12.1 Å². The molecule has 0 spiro atoms. The molecule has 0 saturated heterocycles. The number of para-hydroxylation sites is 1. The smallest absolute Gasteiger partial charge is 0.241 e. The van der Waals surface area contributed by atoms with E-state index in [1.54, 1.807) is 4.68 Å². The van der Waals surface area contributed by atoms with E-state index < -0.39 is 0 Å². The maximum absolute atomic E-state index is 12.4. The molecule has 0 fully saturated rings. The largest absolute Gasteiger partial charge is 0.353 e. The number of benzene rings is 2. The van der Waals surface area contributed by atoms with Crippen molar-refractivity contribution in [3.8, 4) is 0 Å². The maximum atomic E-state index is 12.4. The summed E-state index contributed by atoms with van der Waals surface area (Å²) in [6.45, 7) is 5.03. The Labute approximate surface area is 159 Å². The molecule has 2 aromatic carbocycles. The van der Waals surface area contributed by atoms with Gasteiger partial charge in [0, 0.05) is 25.7 Å². The van der Waals surface area contributed by atoms with Crippen LogP contribution < -0.4 is 5.32 Å². The van der Waals surface area contributed by atoms with Crippen LogP contribution in [0.25, 0.3) is 11.0 Å². The molecule has 1 aliphatic heterocycles.